The number of carbonyl (C=O) groups is 1. The van der Waals surface area contributed by atoms with Gasteiger partial charge in [0.2, 0.25) is 5.91 Å². The Labute approximate surface area is 100 Å². The molecule has 17 heavy (non-hydrogen) atoms. The predicted molar refractivity (Wildman–Crippen MR) is 62.6 cm³/mol. The van der Waals surface area contributed by atoms with E-state index in [2.05, 4.69) is 15.3 Å². The summed E-state index contributed by atoms with van der Waals surface area (Å²) in [4.78, 5) is 21.9. The second-order valence-electron chi connectivity index (χ2n) is 3.90. The van der Waals surface area contributed by atoms with E-state index in [0.717, 1.165) is 0 Å². The minimum Gasteiger partial charge on any atom is -0.374 e. The van der Waals surface area contributed by atoms with Crippen LogP contribution < -0.4 is 10.2 Å². The van der Waals surface area contributed by atoms with Crippen LogP contribution in [0.2, 0.25) is 0 Å². The Kier molecular flexibility index (Phi) is 3.65. The lowest BCUT2D eigenvalue weighted by atomic mass is 10.1. The number of carbonyl (C=O) groups excluding carboxylic acids is 1. The van der Waals surface area contributed by atoms with Crippen molar-refractivity contribution >= 4 is 11.7 Å². The molecule has 0 bridgehead atoms. The van der Waals surface area contributed by atoms with Crippen LogP contribution in [0, 0.1) is 0 Å². The fraction of sp³-hybridized carbons (Fsp3) is 0.545. The second-order valence-corrected chi connectivity index (χ2v) is 3.90. The molecule has 0 saturated carbocycles. The number of ether oxygens (including phenoxy) is 1. The maximum absolute atomic E-state index is 12.3. The number of hydrogen-bond acceptors (Lipinski definition) is 5. The van der Waals surface area contributed by atoms with Gasteiger partial charge in [0.15, 0.2) is 0 Å². The zero-order chi connectivity index (χ0) is 12.3. The van der Waals surface area contributed by atoms with Gasteiger partial charge in [-0.25, -0.2) is 9.97 Å². The molecule has 2 atom stereocenters. The highest BCUT2D eigenvalue weighted by Crippen LogP contribution is 2.15. The van der Waals surface area contributed by atoms with Gasteiger partial charge in [-0.2, -0.15) is 0 Å². The minimum absolute atomic E-state index is 0.0174. The molecule has 6 heteroatoms. The van der Waals surface area contributed by atoms with Crippen molar-refractivity contribution < 1.29 is 9.53 Å². The van der Waals surface area contributed by atoms with Crippen LogP contribution in [0.1, 0.15) is 6.92 Å². The molecule has 1 aromatic rings. The van der Waals surface area contributed by atoms with Crippen LogP contribution in [0.5, 0.6) is 0 Å². The topological polar surface area (TPSA) is 67.4 Å². The summed E-state index contributed by atoms with van der Waals surface area (Å²) in [5.41, 5.74) is 0. The summed E-state index contributed by atoms with van der Waals surface area (Å²) in [6.07, 6.45) is 2.92. The number of anilines is 1. The molecular weight excluding hydrogens is 220 g/mol. The summed E-state index contributed by atoms with van der Waals surface area (Å²) in [6, 6.07) is 1.38. The van der Waals surface area contributed by atoms with Gasteiger partial charge in [-0.05, 0) is 20.0 Å². The fourth-order valence-electron chi connectivity index (χ4n) is 1.93. The van der Waals surface area contributed by atoms with Crippen molar-refractivity contribution in [3.63, 3.8) is 0 Å². The van der Waals surface area contributed by atoms with Crippen molar-refractivity contribution in [3.05, 3.63) is 18.6 Å². The lowest BCUT2D eigenvalue weighted by Crippen LogP contribution is -2.49. The highest BCUT2D eigenvalue weighted by Gasteiger charge is 2.32. The molecule has 92 valence electrons. The monoisotopic (exact) mass is 236 g/mol. The number of nitrogens with zero attached hydrogens (tertiary/aromatic N) is 3. The van der Waals surface area contributed by atoms with Gasteiger partial charge in [-0.3, -0.25) is 9.69 Å². The van der Waals surface area contributed by atoms with Gasteiger partial charge in [0.1, 0.15) is 18.2 Å². The number of amides is 1. The molecule has 0 aliphatic carbocycles. The first-order valence-corrected chi connectivity index (χ1v) is 5.60. The summed E-state index contributed by atoms with van der Waals surface area (Å²) < 4.78 is 5.56. The van der Waals surface area contributed by atoms with Crippen LogP contribution in [0.25, 0.3) is 0 Å². The normalized spacial score (nSPS) is 25.8. The van der Waals surface area contributed by atoms with Crippen molar-refractivity contribution in [2.24, 2.45) is 0 Å². The molecule has 2 heterocycles. The molecule has 0 aromatic carbocycles. The lowest BCUT2D eigenvalue weighted by Gasteiger charge is -2.24. The van der Waals surface area contributed by atoms with E-state index in [4.69, 9.17) is 4.74 Å². The van der Waals surface area contributed by atoms with Crippen molar-refractivity contribution in [1.82, 2.24) is 15.3 Å². The quantitative estimate of drug-likeness (QED) is 0.771. The van der Waals surface area contributed by atoms with E-state index >= 15 is 0 Å². The molecule has 1 N–H and O–H groups in total. The number of nitrogens with one attached hydrogen (secondary N) is 1. The van der Waals surface area contributed by atoms with Crippen molar-refractivity contribution in [2.75, 3.05) is 25.1 Å². The Hall–Kier alpha value is -1.53. The molecule has 1 fully saturated rings. The van der Waals surface area contributed by atoms with E-state index in [0.29, 0.717) is 19.0 Å². The zero-order valence-corrected chi connectivity index (χ0v) is 9.96. The first-order valence-electron chi connectivity index (χ1n) is 5.60. The number of likely N-dealkylation sites (N-methyl/N-ethyl adjacent to an activating group) is 1. The molecule has 1 aliphatic heterocycles. The highest BCUT2D eigenvalue weighted by molar-refractivity contribution is 5.97. The van der Waals surface area contributed by atoms with Gasteiger partial charge in [-0.15, -0.1) is 0 Å². The van der Waals surface area contributed by atoms with Gasteiger partial charge in [0.25, 0.3) is 0 Å². The molecule has 0 spiro atoms. The van der Waals surface area contributed by atoms with E-state index in [1.54, 1.807) is 24.2 Å². The number of aromatic nitrogens is 2. The van der Waals surface area contributed by atoms with Crippen LogP contribution >= 0.6 is 0 Å². The van der Waals surface area contributed by atoms with E-state index in [1.807, 2.05) is 6.92 Å². The molecule has 1 aliphatic rings. The Morgan fingerprint density at radius 2 is 2.41 bits per heavy atom. The molecule has 2 unspecified atom stereocenters. The summed E-state index contributed by atoms with van der Waals surface area (Å²) in [5, 5.41) is 2.98. The van der Waals surface area contributed by atoms with Gasteiger partial charge in [0.05, 0.1) is 19.3 Å². The summed E-state index contributed by atoms with van der Waals surface area (Å²) >= 11 is 0. The molecular formula is C11H16N4O2. The third-order valence-electron chi connectivity index (χ3n) is 2.85. The maximum atomic E-state index is 12.3. The summed E-state index contributed by atoms with van der Waals surface area (Å²) in [7, 11) is 1.76. The largest absolute Gasteiger partial charge is 0.374 e. The maximum Gasteiger partial charge on any atom is 0.248 e. The standard InChI is InChI=1S/C11H16N4O2/c1-8-10(12-2)11(16)15(5-6-17-8)9-3-4-13-7-14-9/h3-4,7-8,10,12H,5-6H2,1-2H3. The second kappa shape index (κ2) is 5.20. The average molecular weight is 236 g/mol. The Balaban J connectivity index is 2.25. The van der Waals surface area contributed by atoms with Gasteiger partial charge < -0.3 is 10.1 Å². The highest BCUT2D eigenvalue weighted by atomic mass is 16.5. The molecule has 6 nitrogen and oxygen atoms in total. The van der Waals surface area contributed by atoms with E-state index < -0.39 is 0 Å². The smallest absolute Gasteiger partial charge is 0.248 e. The Bertz CT molecular complexity index is 384. The van der Waals surface area contributed by atoms with E-state index in [-0.39, 0.29) is 18.1 Å². The predicted octanol–water partition coefficient (Wildman–Crippen LogP) is -0.184. The third-order valence-corrected chi connectivity index (χ3v) is 2.85. The number of rotatable bonds is 2. The van der Waals surface area contributed by atoms with Crippen LogP contribution in [-0.2, 0) is 9.53 Å². The SMILES string of the molecule is CNC1C(=O)N(c2ccncn2)CCOC1C. The minimum atomic E-state index is -0.340. The fourth-order valence-corrected chi connectivity index (χ4v) is 1.93. The molecule has 1 aromatic heterocycles. The summed E-state index contributed by atoms with van der Waals surface area (Å²) in [6.45, 7) is 2.91. The van der Waals surface area contributed by atoms with Crippen LogP contribution in [0.15, 0.2) is 18.6 Å². The molecule has 2 rings (SSSR count). The van der Waals surface area contributed by atoms with Gasteiger partial charge in [0, 0.05) is 6.20 Å². The van der Waals surface area contributed by atoms with Gasteiger partial charge in [-0.1, -0.05) is 0 Å². The van der Waals surface area contributed by atoms with Crippen LogP contribution in [0.4, 0.5) is 5.82 Å². The number of hydrogen-bond donors (Lipinski definition) is 1. The van der Waals surface area contributed by atoms with Gasteiger partial charge >= 0.3 is 0 Å². The molecule has 1 amide bonds. The zero-order valence-electron chi connectivity index (χ0n) is 9.96. The van der Waals surface area contributed by atoms with Crippen molar-refractivity contribution in [2.45, 2.75) is 19.1 Å². The van der Waals surface area contributed by atoms with Crippen LogP contribution in [-0.4, -0.2) is 48.2 Å². The molecule has 0 radical (unpaired) electrons. The lowest BCUT2D eigenvalue weighted by molar-refractivity contribution is -0.122. The first kappa shape index (κ1) is 11.9. The summed E-state index contributed by atoms with van der Waals surface area (Å²) in [5.74, 6) is 0.596. The molecule has 1 saturated heterocycles. The third kappa shape index (κ3) is 2.42. The Morgan fingerprint density at radius 3 is 3.06 bits per heavy atom. The Morgan fingerprint density at radius 1 is 1.59 bits per heavy atom. The first-order chi connectivity index (χ1) is 8.24. The van der Waals surface area contributed by atoms with E-state index in [1.165, 1.54) is 6.33 Å². The van der Waals surface area contributed by atoms with Crippen molar-refractivity contribution in [1.29, 1.82) is 0 Å². The van der Waals surface area contributed by atoms with E-state index in [9.17, 15) is 4.79 Å². The van der Waals surface area contributed by atoms with Crippen LogP contribution in [0.3, 0.4) is 0 Å². The average Bonchev–Trinajstić information content (AvgIpc) is 2.49. The van der Waals surface area contributed by atoms with Crippen molar-refractivity contribution in [3.8, 4) is 0 Å².